The van der Waals surface area contributed by atoms with Crippen molar-refractivity contribution in [3.63, 3.8) is 0 Å². The SMILES string of the molecule is CN(c1nccc(Nc2cc(C3CC3)[nH]n2)n1)C1CCN(CCCc2nc3ccccc3o2)CC1. The highest BCUT2D eigenvalue weighted by Gasteiger charge is 2.26. The van der Waals surface area contributed by atoms with Crippen molar-refractivity contribution in [2.24, 2.45) is 0 Å². The summed E-state index contributed by atoms with van der Waals surface area (Å²) in [7, 11) is 2.10. The number of aromatic amines is 1. The maximum atomic E-state index is 5.86. The van der Waals surface area contributed by atoms with Crippen LogP contribution in [0.2, 0.25) is 0 Å². The third-order valence-electron chi connectivity index (χ3n) is 7.14. The second-order valence-corrected chi connectivity index (χ2v) is 9.71. The van der Waals surface area contributed by atoms with E-state index in [0.29, 0.717) is 12.0 Å². The smallest absolute Gasteiger partial charge is 0.227 e. The number of rotatable bonds is 9. The lowest BCUT2D eigenvalue weighted by Gasteiger charge is -2.36. The molecule has 0 unspecified atom stereocenters. The monoisotopic (exact) mass is 472 g/mol. The number of oxazole rings is 1. The van der Waals surface area contributed by atoms with E-state index < -0.39 is 0 Å². The van der Waals surface area contributed by atoms with Crippen molar-refractivity contribution >= 4 is 28.7 Å². The molecule has 2 aliphatic rings. The number of hydrogen-bond acceptors (Lipinski definition) is 8. The number of aromatic nitrogens is 5. The van der Waals surface area contributed by atoms with E-state index in [-0.39, 0.29) is 0 Å². The lowest BCUT2D eigenvalue weighted by Crippen LogP contribution is -2.44. The number of likely N-dealkylation sites (tertiary alicyclic amines) is 1. The molecule has 1 aromatic carbocycles. The van der Waals surface area contributed by atoms with Gasteiger partial charge in [0.05, 0.1) is 0 Å². The molecule has 0 atom stereocenters. The Hall–Kier alpha value is -3.46. The highest BCUT2D eigenvalue weighted by Crippen LogP contribution is 2.39. The Morgan fingerprint density at radius 2 is 1.94 bits per heavy atom. The van der Waals surface area contributed by atoms with E-state index in [1.165, 1.54) is 18.5 Å². The number of fused-ring (bicyclic) bond motifs is 1. The zero-order valence-electron chi connectivity index (χ0n) is 20.2. The first-order chi connectivity index (χ1) is 17.2. The van der Waals surface area contributed by atoms with Crippen molar-refractivity contribution in [1.29, 1.82) is 0 Å². The minimum atomic E-state index is 0.436. The Morgan fingerprint density at radius 1 is 1.09 bits per heavy atom. The predicted octanol–water partition coefficient (Wildman–Crippen LogP) is 4.50. The van der Waals surface area contributed by atoms with Gasteiger partial charge in [0.1, 0.15) is 11.3 Å². The Balaban J connectivity index is 0.981. The number of nitrogens with zero attached hydrogens (tertiary/aromatic N) is 6. The van der Waals surface area contributed by atoms with Crippen LogP contribution in [-0.2, 0) is 6.42 Å². The highest BCUT2D eigenvalue weighted by atomic mass is 16.3. The molecule has 9 heteroatoms. The number of nitrogens with one attached hydrogen (secondary N) is 2. The average Bonchev–Trinajstić information content (AvgIpc) is 3.49. The summed E-state index contributed by atoms with van der Waals surface area (Å²) in [5.41, 5.74) is 3.03. The minimum Gasteiger partial charge on any atom is -0.441 e. The summed E-state index contributed by atoms with van der Waals surface area (Å²) in [6.07, 6.45) is 8.45. The first-order valence-corrected chi connectivity index (χ1v) is 12.7. The maximum absolute atomic E-state index is 5.86. The van der Waals surface area contributed by atoms with Crippen LogP contribution in [0.1, 0.15) is 49.6 Å². The zero-order valence-corrected chi connectivity index (χ0v) is 20.2. The fraction of sp³-hybridized carbons (Fsp3) is 0.462. The first-order valence-electron chi connectivity index (χ1n) is 12.7. The fourth-order valence-electron chi connectivity index (χ4n) is 4.90. The van der Waals surface area contributed by atoms with Gasteiger partial charge >= 0.3 is 0 Å². The molecule has 2 N–H and O–H groups in total. The van der Waals surface area contributed by atoms with E-state index in [2.05, 4.69) is 48.4 Å². The molecule has 4 aromatic rings. The van der Waals surface area contributed by atoms with E-state index in [0.717, 1.165) is 79.9 Å². The molecule has 6 rings (SSSR count). The second-order valence-electron chi connectivity index (χ2n) is 9.71. The summed E-state index contributed by atoms with van der Waals surface area (Å²) < 4.78 is 5.86. The summed E-state index contributed by atoms with van der Waals surface area (Å²) in [6, 6.07) is 12.4. The van der Waals surface area contributed by atoms with Crippen LogP contribution in [0.15, 0.2) is 47.0 Å². The van der Waals surface area contributed by atoms with Gasteiger partial charge in [-0.2, -0.15) is 10.1 Å². The standard InChI is InChI=1S/C26H32N8O/c1-33(26-27-13-10-23(30-26)29-24-17-21(31-32-24)18-8-9-18)19-11-15-34(16-12-19)14-4-7-25-28-20-5-2-3-6-22(20)35-25/h2-3,5-6,10,13,17-19H,4,7-9,11-12,14-16H2,1H3,(H2,27,29,30,31,32). The van der Waals surface area contributed by atoms with Gasteiger partial charge in [-0.3, -0.25) is 5.10 Å². The lowest BCUT2D eigenvalue weighted by molar-refractivity contribution is 0.207. The van der Waals surface area contributed by atoms with E-state index in [1.54, 1.807) is 0 Å². The van der Waals surface area contributed by atoms with Crippen LogP contribution in [-0.4, -0.2) is 62.8 Å². The molecule has 0 spiro atoms. The normalized spacial score (nSPS) is 17.2. The molecule has 1 aliphatic heterocycles. The van der Waals surface area contributed by atoms with Crippen LogP contribution >= 0.6 is 0 Å². The van der Waals surface area contributed by atoms with E-state index in [9.17, 15) is 0 Å². The van der Waals surface area contributed by atoms with Crippen molar-refractivity contribution in [2.45, 2.75) is 50.5 Å². The lowest BCUT2D eigenvalue weighted by atomic mass is 10.0. The molecule has 35 heavy (non-hydrogen) atoms. The van der Waals surface area contributed by atoms with E-state index >= 15 is 0 Å². The second kappa shape index (κ2) is 9.65. The van der Waals surface area contributed by atoms with Gasteiger partial charge in [0.25, 0.3) is 0 Å². The average molecular weight is 473 g/mol. The van der Waals surface area contributed by atoms with Gasteiger partial charge in [-0.25, -0.2) is 9.97 Å². The minimum absolute atomic E-state index is 0.436. The predicted molar refractivity (Wildman–Crippen MR) is 136 cm³/mol. The largest absolute Gasteiger partial charge is 0.441 e. The number of anilines is 3. The third kappa shape index (κ3) is 5.14. The number of H-pyrrole nitrogens is 1. The molecule has 1 aliphatic carbocycles. The van der Waals surface area contributed by atoms with Crippen LogP contribution < -0.4 is 10.2 Å². The number of hydrogen-bond donors (Lipinski definition) is 2. The molecule has 0 radical (unpaired) electrons. The molecular weight excluding hydrogens is 440 g/mol. The molecule has 9 nitrogen and oxygen atoms in total. The van der Waals surface area contributed by atoms with Crippen LogP contribution in [0, 0.1) is 0 Å². The van der Waals surface area contributed by atoms with Gasteiger partial charge in [-0.15, -0.1) is 0 Å². The van der Waals surface area contributed by atoms with Crippen LogP contribution in [0.3, 0.4) is 0 Å². The fourth-order valence-corrected chi connectivity index (χ4v) is 4.90. The first kappa shape index (κ1) is 22.0. The Morgan fingerprint density at radius 3 is 2.77 bits per heavy atom. The quantitative estimate of drug-likeness (QED) is 0.367. The summed E-state index contributed by atoms with van der Waals surface area (Å²) in [5.74, 6) is 3.82. The number of para-hydroxylation sites is 2. The molecular formula is C26H32N8O. The third-order valence-corrected chi connectivity index (χ3v) is 7.14. The van der Waals surface area contributed by atoms with Crippen LogP contribution in [0.4, 0.5) is 17.6 Å². The Bertz CT molecular complexity index is 1240. The van der Waals surface area contributed by atoms with Crippen molar-refractivity contribution in [3.8, 4) is 0 Å². The molecule has 1 saturated carbocycles. The van der Waals surface area contributed by atoms with Gasteiger partial charge in [0.2, 0.25) is 5.95 Å². The molecule has 4 heterocycles. The van der Waals surface area contributed by atoms with Crippen molar-refractivity contribution in [3.05, 3.63) is 54.2 Å². The molecule has 182 valence electrons. The van der Waals surface area contributed by atoms with E-state index in [1.807, 2.05) is 36.5 Å². The van der Waals surface area contributed by atoms with Crippen molar-refractivity contribution in [2.75, 3.05) is 36.9 Å². The molecule has 1 saturated heterocycles. The Kier molecular flexibility index (Phi) is 6.08. The van der Waals surface area contributed by atoms with E-state index in [4.69, 9.17) is 9.40 Å². The summed E-state index contributed by atoms with van der Waals surface area (Å²) in [5, 5.41) is 10.8. The molecule has 0 bridgehead atoms. The molecule has 3 aromatic heterocycles. The number of benzene rings is 1. The Labute approximate surface area is 205 Å². The van der Waals surface area contributed by atoms with Gasteiger partial charge in [0, 0.05) is 56.5 Å². The maximum Gasteiger partial charge on any atom is 0.227 e. The van der Waals surface area contributed by atoms with Gasteiger partial charge < -0.3 is 19.5 Å². The van der Waals surface area contributed by atoms with Crippen LogP contribution in [0.25, 0.3) is 11.1 Å². The van der Waals surface area contributed by atoms with Crippen molar-refractivity contribution < 1.29 is 4.42 Å². The van der Waals surface area contributed by atoms with Gasteiger partial charge in [0.15, 0.2) is 17.3 Å². The van der Waals surface area contributed by atoms with Crippen LogP contribution in [0.5, 0.6) is 0 Å². The molecule has 2 fully saturated rings. The summed E-state index contributed by atoms with van der Waals surface area (Å²) >= 11 is 0. The summed E-state index contributed by atoms with van der Waals surface area (Å²) in [4.78, 5) is 18.6. The molecule has 0 amide bonds. The van der Waals surface area contributed by atoms with Crippen molar-refractivity contribution in [1.82, 2.24) is 30.0 Å². The summed E-state index contributed by atoms with van der Waals surface area (Å²) in [6.45, 7) is 3.23. The van der Waals surface area contributed by atoms with Gasteiger partial charge in [-0.05, 0) is 56.8 Å². The number of aryl methyl sites for hydroxylation is 1. The van der Waals surface area contributed by atoms with Gasteiger partial charge in [-0.1, -0.05) is 12.1 Å². The number of piperidine rings is 1. The topological polar surface area (TPSA) is 99.0 Å². The zero-order chi connectivity index (χ0) is 23.6. The highest BCUT2D eigenvalue weighted by molar-refractivity contribution is 5.72.